The van der Waals surface area contributed by atoms with Crippen LogP contribution < -0.4 is 0 Å². The number of Topliss-reactive ketones (excluding diaryl/α,β-unsaturated/α-hetero) is 1. The average Bonchev–Trinajstić information content (AvgIpc) is 3.03. The number of carbonyl (C=O) groups excluding carboxylic acids is 2. The van der Waals surface area contributed by atoms with Crippen LogP contribution in [0.2, 0.25) is 5.02 Å². The number of aliphatic hydroxyl groups excluding tert-OH is 1. The van der Waals surface area contributed by atoms with Crippen molar-refractivity contribution < 1.29 is 14.7 Å². The predicted octanol–water partition coefficient (Wildman–Crippen LogP) is 3.81. The van der Waals surface area contributed by atoms with Crippen molar-refractivity contribution in [2.75, 3.05) is 6.54 Å². The van der Waals surface area contributed by atoms with Gasteiger partial charge in [-0.25, -0.2) is 0 Å². The van der Waals surface area contributed by atoms with E-state index in [1.807, 2.05) is 36.4 Å². The Morgan fingerprint density at radius 3 is 2.59 bits per heavy atom. The summed E-state index contributed by atoms with van der Waals surface area (Å²) in [5, 5.41) is 10.7. The first-order valence-electron chi connectivity index (χ1n) is 8.91. The van der Waals surface area contributed by atoms with E-state index in [0.717, 1.165) is 15.6 Å². The fourth-order valence-corrected chi connectivity index (χ4v) is 3.98. The van der Waals surface area contributed by atoms with Crippen molar-refractivity contribution in [3.05, 3.63) is 69.2 Å². The molecular weight excluding hydrogens is 430 g/mol. The van der Waals surface area contributed by atoms with Gasteiger partial charge in [0.2, 0.25) is 5.91 Å². The smallest absolute Gasteiger partial charge is 0.227 e. The predicted molar refractivity (Wildman–Crippen MR) is 109 cm³/mol. The number of aryl methyl sites for hydroxylation is 1. The summed E-state index contributed by atoms with van der Waals surface area (Å²) in [7, 11) is 0. The lowest BCUT2D eigenvalue weighted by atomic mass is 10.0. The van der Waals surface area contributed by atoms with Crippen LogP contribution in [-0.4, -0.2) is 40.4 Å². The summed E-state index contributed by atoms with van der Waals surface area (Å²) < 4.78 is 0.907. The highest BCUT2D eigenvalue weighted by molar-refractivity contribution is 9.10. The molecule has 0 aromatic heterocycles. The minimum Gasteiger partial charge on any atom is -0.391 e. The maximum absolute atomic E-state index is 12.7. The van der Waals surface area contributed by atoms with Crippen molar-refractivity contribution >= 4 is 39.2 Å². The highest BCUT2D eigenvalue weighted by atomic mass is 79.9. The van der Waals surface area contributed by atoms with E-state index in [1.165, 1.54) is 4.90 Å². The Bertz CT molecular complexity index is 824. The average molecular weight is 451 g/mol. The monoisotopic (exact) mass is 449 g/mol. The van der Waals surface area contributed by atoms with E-state index >= 15 is 0 Å². The van der Waals surface area contributed by atoms with Gasteiger partial charge in [0.05, 0.1) is 18.6 Å². The van der Waals surface area contributed by atoms with Crippen LogP contribution in [0.3, 0.4) is 0 Å². The molecule has 1 heterocycles. The molecule has 2 aromatic carbocycles. The molecule has 1 aliphatic heterocycles. The van der Waals surface area contributed by atoms with Gasteiger partial charge < -0.3 is 10.0 Å². The van der Waals surface area contributed by atoms with Crippen LogP contribution >= 0.6 is 27.5 Å². The first-order valence-corrected chi connectivity index (χ1v) is 10.1. The third kappa shape index (κ3) is 5.41. The van der Waals surface area contributed by atoms with E-state index in [9.17, 15) is 14.7 Å². The molecule has 0 unspecified atom stereocenters. The van der Waals surface area contributed by atoms with Gasteiger partial charge in [-0.3, -0.25) is 9.59 Å². The van der Waals surface area contributed by atoms with Gasteiger partial charge in [0.25, 0.3) is 0 Å². The molecule has 6 heteroatoms. The Labute approximate surface area is 172 Å². The number of carbonyl (C=O) groups is 2. The minimum absolute atomic E-state index is 0.0101. The highest BCUT2D eigenvalue weighted by Gasteiger charge is 2.38. The second-order valence-electron chi connectivity index (χ2n) is 6.85. The number of rotatable bonds is 6. The quantitative estimate of drug-likeness (QED) is 0.728. The lowest BCUT2D eigenvalue weighted by Gasteiger charge is -2.23. The van der Waals surface area contributed by atoms with Crippen LogP contribution in [0.15, 0.2) is 53.0 Å². The van der Waals surface area contributed by atoms with Gasteiger partial charge in [0, 0.05) is 28.9 Å². The number of β-amino-alcohol motifs (C(OH)–C–C–N with tert-alkyl or cyclic N) is 1. The van der Waals surface area contributed by atoms with Crippen molar-refractivity contribution in [2.24, 2.45) is 0 Å². The molecule has 1 fully saturated rings. The third-order valence-corrected chi connectivity index (χ3v) is 5.53. The topological polar surface area (TPSA) is 57.6 Å². The molecule has 27 heavy (non-hydrogen) atoms. The number of amides is 1. The molecule has 2 atom stereocenters. The summed E-state index contributed by atoms with van der Waals surface area (Å²) in [5.41, 5.74) is 1.90. The molecule has 1 N–H and O–H groups in total. The van der Waals surface area contributed by atoms with Gasteiger partial charge >= 0.3 is 0 Å². The number of nitrogens with zero attached hydrogens (tertiary/aromatic N) is 1. The van der Waals surface area contributed by atoms with E-state index in [4.69, 9.17) is 11.6 Å². The van der Waals surface area contributed by atoms with Gasteiger partial charge in [-0.2, -0.15) is 0 Å². The van der Waals surface area contributed by atoms with Crippen molar-refractivity contribution in [3.8, 4) is 0 Å². The number of ketones is 1. The fraction of sp³-hybridized carbons (Fsp3) is 0.333. The number of aliphatic hydroxyl groups is 1. The molecule has 1 aliphatic rings. The Kier molecular flexibility index (Phi) is 6.68. The highest BCUT2D eigenvalue weighted by Crippen LogP contribution is 2.23. The minimum atomic E-state index is -0.652. The van der Waals surface area contributed by atoms with Crippen LogP contribution in [-0.2, 0) is 22.4 Å². The second-order valence-corrected chi connectivity index (χ2v) is 8.20. The zero-order chi connectivity index (χ0) is 19.4. The van der Waals surface area contributed by atoms with Gasteiger partial charge in [-0.05, 0) is 41.8 Å². The zero-order valence-electron chi connectivity index (χ0n) is 14.8. The number of hydrogen-bond donors (Lipinski definition) is 1. The van der Waals surface area contributed by atoms with Crippen LogP contribution in [0, 0.1) is 0 Å². The standard InChI is InChI=1S/C21H21BrClNO3/c22-16-3-1-2-15(10-16)11-21(27)24-13-18(25)12-19(24)20(26)9-6-14-4-7-17(23)8-5-14/h1-5,7-8,10,18-19,25H,6,9,11-13H2/t18-,19+/m1/s1. The van der Waals surface area contributed by atoms with E-state index in [1.54, 1.807) is 12.1 Å². The number of likely N-dealkylation sites (tertiary alicyclic amines) is 1. The van der Waals surface area contributed by atoms with Gasteiger partial charge in [-0.1, -0.05) is 51.8 Å². The van der Waals surface area contributed by atoms with E-state index in [2.05, 4.69) is 15.9 Å². The molecule has 0 aliphatic carbocycles. The molecule has 0 saturated carbocycles. The summed E-state index contributed by atoms with van der Waals surface area (Å²) in [6.07, 6.45) is 0.799. The number of halogens is 2. The molecule has 0 radical (unpaired) electrons. The summed E-state index contributed by atoms with van der Waals surface area (Å²) >= 11 is 9.28. The van der Waals surface area contributed by atoms with Crippen molar-refractivity contribution in [1.29, 1.82) is 0 Å². The normalized spacial score (nSPS) is 19.3. The Morgan fingerprint density at radius 2 is 1.89 bits per heavy atom. The molecule has 4 nitrogen and oxygen atoms in total. The Balaban J connectivity index is 1.63. The molecule has 142 valence electrons. The lowest BCUT2D eigenvalue weighted by Crippen LogP contribution is -2.41. The summed E-state index contributed by atoms with van der Waals surface area (Å²) in [6.45, 7) is 0.212. The Morgan fingerprint density at radius 1 is 1.15 bits per heavy atom. The van der Waals surface area contributed by atoms with E-state index < -0.39 is 12.1 Å². The second kappa shape index (κ2) is 9.00. The van der Waals surface area contributed by atoms with Crippen molar-refractivity contribution in [2.45, 2.75) is 37.8 Å². The summed E-state index contributed by atoms with van der Waals surface area (Å²) in [6, 6.07) is 14.4. The molecule has 2 aromatic rings. The number of benzene rings is 2. The molecular formula is C21H21BrClNO3. The first-order chi connectivity index (χ1) is 12.9. The summed E-state index contributed by atoms with van der Waals surface area (Å²) in [4.78, 5) is 27.0. The van der Waals surface area contributed by atoms with E-state index in [-0.39, 0.29) is 24.7 Å². The fourth-order valence-electron chi connectivity index (χ4n) is 3.40. The molecule has 1 amide bonds. The molecule has 0 bridgehead atoms. The van der Waals surface area contributed by atoms with Crippen molar-refractivity contribution in [3.63, 3.8) is 0 Å². The summed E-state index contributed by atoms with van der Waals surface area (Å²) in [5.74, 6) is -0.140. The van der Waals surface area contributed by atoms with Gasteiger partial charge in [-0.15, -0.1) is 0 Å². The van der Waals surface area contributed by atoms with Crippen LogP contribution in [0.1, 0.15) is 24.0 Å². The molecule has 3 rings (SSSR count). The number of hydrogen-bond acceptors (Lipinski definition) is 3. The van der Waals surface area contributed by atoms with Gasteiger partial charge in [0.15, 0.2) is 5.78 Å². The SMILES string of the molecule is O=C(CCc1ccc(Cl)cc1)[C@@H]1C[C@@H](O)CN1C(=O)Cc1cccc(Br)c1. The van der Waals surface area contributed by atoms with Crippen LogP contribution in [0.25, 0.3) is 0 Å². The largest absolute Gasteiger partial charge is 0.391 e. The maximum Gasteiger partial charge on any atom is 0.227 e. The molecule has 1 saturated heterocycles. The van der Waals surface area contributed by atoms with Gasteiger partial charge in [0.1, 0.15) is 0 Å². The molecule has 0 spiro atoms. The maximum atomic E-state index is 12.7. The lowest BCUT2D eigenvalue weighted by molar-refractivity contribution is -0.137. The Hall–Kier alpha value is -1.69. The van der Waals surface area contributed by atoms with Crippen molar-refractivity contribution in [1.82, 2.24) is 4.90 Å². The first kappa shape index (κ1) is 20.1. The third-order valence-electron chi connectivity index (χ3n) is 4.79. The van der Waals surface area contributed by atoms with Crippen LogP contribution in [0.5, 0.6) is 0 Å². The van der Waals surface area contributed by atoms with Crippen LogP contribution in [0.4, 0.5) is 0 Å². The van der Waals surface area contributed by atoms with E-state index in [0.29, 0.717) is 24.3 Å². The zero-order valence-corrected chi connectivity index (χ0v) is 17.1.